The largest absolute Gasteiger partial charge is 0.480 e. The van der Waals surface area contributed by atoms with Crippen molar-refractivity contribution in [2.75, 3.05) is 0 Å². The maximum Gasteiger partial charge on any atom is 0.326 e. The molecule has 1 amide bonds. The summed E-state index contributed by atoms with van der Waals surface area (Å²) in [6, 6.07) is 10.1. The molecule has 2 N–H and O–H groups in total. The third kappa shape index (κ3) is 3.62. The molecular weight excluding hydrogens is 398 g/mol. The van der Waals surface area contributed by atoms with Crippen molar-refractivity contribution in [1.29, 1.82) is 0 Å². The summed E-state index contributed by atoms with van der Waals surface area (Å²) in [7, 11) is 0. The minimum absolute atomic E-state index is 0.209. The summed E-state index contributed by atoms with van der Waals surface area (Å²) in [4.78, 5) is 28.9. The van der Waals surface area contributed by atoms with E-state index in [1.54, 1.807) is 17.5 Å². The van der Waals surface area contributed by atoms with Gasteiger partial charge in [0.2, 0.25) is 0 Å². The first-order valence-corrected chi connectivity index (χ1v) is 8.88. The number of carboxylic acid groups (broad SMARTS) is 1. The van der Waals surface area contributed by atoms with E-state index in [1.165, 1.54) is 0 Å². The molecule has 0 fully saturated rings. The van der Waals surface area contributed by atoms with Gasteiger partial charge >= 0.3 is 5.97 Å². The average Bonchev–Trinajstić information content (AvgIpc) is 2.91. The summed E-state index contributed by atoms with van der Waals surface area (Å²) >= 11 is 3.42. The first-order valence-electron chi connectivity index (χ1n) is 8.09. The second kappa shape index (κ2) is 7.29. The molecule has 2 heterocycles. The Morgan fingerprint density at radius 2 is 1.96 bits per heavy atom. The van der Waals surface area contributed by atoms with E-state index in [4.69, 9.17) is 0 Å². The molecule has 134 valence electrons. The van der Waals surface area contributed by atoms with Crippen LogP contribution >= 0.6 is 15.9 Å². The van der Waals surface area contributed by atoms with E-state index in [1.807, 2.05) is 43.3 Å². The highest BCUT2D eigenvalue weighted by Gasteiger charge is 2.25. The molecule has 1 aromatic carbocycles. The Hall–Kier alpha value is -2.67. The van der Waals surface area contributed by atoms with Crippen LogP contribution in [0, 0.1) is 13.8 Å². The zero-order valence-corrected chi connectivity index (χ0v) is 15.9. The monoisotopic (exact) mass is 415 g/mol. The smallest absolute Gasteiger partial charge is 0.326 e. The second-order valence-electron chi connectivity index (χ2n) is 6.13. The number of rotatable bonds is 5. The van der Waals surface area contributed by atoms with Crippen LogP contribution in [0.4, 0.5) is 0 Å². The van der Waals surface area contributed by atoms with Gasteiger partial charge in [0.15, 0.2) is 0 Å². The number of pyridine rings is 1. The summed E-state index contributed by atoms with van der Waals surface area (Å²) in [5, 5.41) is 12.1. The number of nitrogens with one attached hydrogen (secondary N) is 1. The normalized spacial score (nSPS) is 12.1. The molecule has 0 saturated carbocycles. The Kier molecular flexibility index (Phi) is 5.08. The van der Waals surface area contributed by atoms with Crippen molar-refractivity contribution in [3.05, 3.63) is 69.6 Å². The minimum atomic E-state index is -1.08. The maximum absolute atomic E-state index is 12.8. The van der Waals surface area contributed by atoms with Crippen molar-refractivity contribution in [1.82, 2.24) is 14.7 Å². The lowest BCUT2D eigenvalue weighted by molar-refractivity contribution is -0.139. The molecule has 7 heteroatoms. The fourth-order valence-electron chi connectivity index (χ4n) is 2.93. The summed E-state index contributed by atoms with van der Waals surface area (Å²) in [6.07, 6.45) is 1.96. The van der Waals surface area contributed by atoms with E-state index in [-0.39, 0.29) is 6.42 Å². The Balaban J connectivity index is 1.92. The number of carbonyl (C=O) groups excluding carboxylic acids is 1. The van der Waals surface area contributed by atoms with Gasteiger partial charge in [0.1, 0.15) is 17.4 Å². The number of halogens is 1. The SMILES string of the molecule is Cc1nc2c(C)cc(Br)cn2c1C(=O)NC(Cc1ccccc1)C(=O)O. The number of fused-ring (bicyclic) bond motifs is 1. The molecule has 0 aliphatic carbocycles. The summed E-state index contributed by atoms with van der Waals surface area (Å²) in [5.41, 5.74) is 3.32. The highest BCUT2D eigenvalue weighted by Crippen LogP contribution is 2.20. The van der Waals surface area contributed by atoms with Crippen LogP contribution in [-0.2, 0) is 11.2 Å². The van der Waals surface area contributed by atoms with Crippen LogP contribution in [-0.4, -0.2) is 32.4 Å². The topological polar surface area (TPSA) is 83.7 Å². The first kappa shape index (κ1) is 18.1. The van der Waals surface area contributed by atoms with Crippen LogP contribution in [0.25, 0.3) is 5.65 Å². The number of amides is 1. The number of aliphatic carboxylic acids is 1. The third-order valence-corrected chi connectivity index (χ3v) is 4.58. The van der Waals surface area contributed by atoms with Crippen molar-refractivity contribution < 1.29 is 14.7 Å². The van der Waals surface area contributed by atoms with E-state index in [0.29, 0.717) is 17.0 Å². The van der Waals surface area contributed by atoms with Crippen molar-refractivity contribution in [3.8, 4) is 0 Å². The molecule has 26 heavy (non-hydrogen) atoms. The van der Waals surface area contributed by atoms with Crippen LogP contribution in [0.2, 0.25) is 0 Å². The maximum atomic E-state index is 12.8. The Bertz CT molecular complexity index is 983. The fourth-order valence-corrected chi connectivity index (χ4v) is 3.48. The summed E-state index contributed by atoms with van der Waals surface area (Å²) in [5.74, 6) is -1.54. The van der Waals surface area contributed by atoms with Crippen LogP contribution in [0.3, 0.4) is 0 Å². The molecule has 1 atom stereocenters. The molecule has 0 spiro atoms. The second-order valence-corrected chi connectivity index (χ2v) is 7.05. The van der Waals surface area contributed by atoms with Crippen LogP contribution in [0.1, 0.15) is 27.3 Å². The van der Waals surface area contributed by atoms with Crippen LogP contribution < -0.4 is 5.32 Å². The van der Waals surface area contributed by atoms with E-state index in [2.05, 4.69) is 26.2 Å². The van der Waals surface area contributed by atoms with Gasteiger partial charge in [0.25, 0.3) is 5.91 Å². The highest BCUT2D eigenvalue weighted by molar-refractivity contribution is 9.10. The predicted octanol–water partition coefficient (Wildman–Crippen LogP) is 3.14. The molecule has 3 rings (SSSR count). The quantitative estimate of drug-likeness (QED) is 0.670. The number of imidazole rings is 1. The molecule has 0 bridgehead atoms. The number of hydrogen-bond donors (Lipinski definition) is 2. The number of aromatic nitrogens is 2. The van der Waals surface area contributed by atoms with Gasteiger partial charge in [-0.05, 0) is 47.0 Å². The van der Waals surface area contributed by atoms with Gasteiger partial charge in [-0.3, -0.25) is 9.20 Å². The molecule has 0 aliphatic rings. The van der Waals surface area contributed by atoms with Gasteiger partial charge in [0.05, 0.1) is 5.69 Å². The molecule has 0 aliphatic heterocycles. The molecule has 2 aromatic heterocycles. The van der Waals surface area contributed by atoms with E-state index in [9.17, 15) is 14.7 Å². The lowest BCUT2D eigenvalue weighted by atomic mass is 10.1. The molecule has 1 unspecified atom stereocenters. The Morgan fingerprint density at radius 3 is 2.62 bits per heavy atom. The number of hydrogen-bond acceptors (Lipinski definition) is 3. The van der Waals surface area contributed by atoms with Crippen LogP contribution in [0.15, 0.2) is 47.1 Å². The zero-order chi connectivity index (χ0) is 18.8. The molecule has 0 radical (unpaired) electrons. The van der Waals surface area contributed by atoms with Crippen LogP contribution in [0.5, 0.6) is 0 Å². The lowest BCUT2D eigenvalue weighted by Crippen LogP contribution is -2.42. The Morgan fingerprint density at radius 1 is 1.27 bits per heavy atom. The standard InChI is InChI=1S/C19H18BrN3O3/c1-11-8-14(20)10-23-16(12(2)21-17(11)23)18(24)22-15(19(25)26)9-13-6-4-3-5-7-13/h3-8,10,15H,9H2,1-2H3,(H,22,24)(H,25,26). The van der Waals surface area contributed by atoms with Gasteiger partial charge in [0, 0.05) is 17.1 Å². The summed E-state index contributed by atoms with van der Waals surface area (Å²) in [6.45, 7) is 3.64. The number of aryl methyl sites for hydroxylation is 2. The van der Waals surface area contributed by atoms with Crippen molar-refractivity contribution >= 4 is 33.5 Å². The van der Waals surface area contributed by atoms with Gasteiger partial charge in [-0.25, -0.2) is 9.78 Å². The molecule has 6 nitrogen and oxygen atoms in total. The van der Waals surface area contributed by atoms with Crippen molar-refractivity contribution in [2.45, 2.75) is 26.3 Å². The van der Waals surface area contributed by atoms with Gasteiger partial charge in [-0.15, -0.1) is 0 Å². The molecule has 0 saturated heterocycles. The zero-order valence-electron chi connectivity index (χ0n) is 14.4. The van der Waals surface area contributed by atoms with E-state index < -0.39 is 17.9 Å². The highest BCUT2D eigenvalue weighted by atomic mass is 79.9. The number of benzene rings is 1. The van der Waals surface area contributed by atoms with E-state index in [0.717, 1.165) is 15.6 Å². The number of carboxylic acids is 1. The van der Waals surface area contributed by atoms with Gasteiger partial charge < -0.3 is 10.4 Å². The van der Waals surface area contributed by atoms with E-state index >= 15 is 0 Å². The first-order chi connectivity index (χ1) is 12.4. The summed E-state index contributed by atoms with van der Waals surface area (Å²) < 4.78 is 2.50. The third-order valence-electron chi connectivity index (χ3n) is 4.15. The van der Waals surface area contributed by atoms with Gasteiger partial charge in [-0.1, -0.05) is 30.3 Å². The van der Waals surface area contributed by atoms with Crippen molar-refractivity contribution in [2.24, 2.45) is 0 Å². The average molecular weight is 416 g/mol. The van der Waals surface area contributed by atoms with Gasteiger partial charge in [-0.2, -0.15) is 0 Å². The minimum Gasteiger partial charge on any atom is -0.480 e. The lowest BCUT2D eigenvalue weighted by Gasteiger charge is -2.15. The molecular formula is C19H18BrN3O3. The predicted molar refractivity (Wildman–Crippen MR) is 101 cm³/mol. The Labute approximate surface area is 159 Å². The van der Waals surface area contributed by atoms with Crippen molar-refractivity contribution in [3.63, 3.8) is 0 Å². The number of nitrogens with zero attached hydrogens (tertiary/aromatic N) is 2. The molecule has 3 aromatic rings. The fraction of sp³-hybridized carbons (Fsp3) is 0.211. The number of carbonyl (C=O) groups is 2.